The fourth-order valence-electron chi connectivity index (χ4n) is 4.40. The molecule has 30 heavy (non-hydrogen) atoms. The largest absolute Gasteiger partial charge is 0.416 e. The second-order valence-corrected chi connectivity index (χ2v) is 9.77. The predicted molar refractivity (Wildman–Crippen MR) is 102 cm³/mol. The zero-order valence-corrected chi connectivity index (χ0v) is 17.4. The van der Waals surface area contributed by atoms with Crippen LogP contribution in [0, 0.1) is 13.8 Å². The van der Waals surface area contributed by atoms with Crippen molar-refractivity contribution in [1.82, 2.24) is 14.2 Å². The molecular weight excluding hydrogens is 419 g/mol. The summed E-state index contributed by atoms with van der Waals surface area (Å²) in [5.41, 5.74) is 0.0510. The highest BCUT2D eigenvalue weighted by Gasteiger charge is 2.52. The smallest absolute Gasteiger partial charge is 0.326 e. The number of carbonyl (C=O) groups excluding carboxylic acids is 1. The molecule has 0 radical (unpaired) electrons. The number of aromatic nitrogens is 1. The summed E-state index contributed by atoms with van der Waals surface area (Å²) in [5, 5.41) is 0. The number of halogens is 3. The minimum atomic E-state index is -4.55. The van der Waals surface area contributed by atoms with Crippen LogP contribution in [0.2, 0.25) is 0 Å². The maximum absolute atomic E-state index is 13.3. The lowest BCUT2D eigenvalue weighted by atomic mass is 9.90. The van der Waals surface area contributed by atoms with Crippen molar-refractivity contribution in [2.24, 2.45) is 0 Å². The van der Waals surface area contributed by atoms with Crippen LogP contribution in [0.25, 0.3) is 0 Å². The van der Waals surface area contributed by atoms with Crippen LogP contribution in [0.5, 0.6) is 0 Å². The van der Waals surface area contributed by atoms with Crippen molar-refractivity contribution < 1.29 is 26.4 Å². The maximum atomic E-state index is 13.3. The number of alkyl halides is 3. The van der Waals surface area contributed by atoms with Gasteiger partial charge < -0.3 is 4.90 Å². The molecular formula is C20H20F3N3O3S. The first-order valence-electron chi connectivity index (χ1n) is 9.33. The lowest BCUT2D eigenvalue weighted by molar-refractivity contribution is -0.137. The first-order valence-corrected chi connectivity index (χ1v) is 10.8. The van der Waals surface area contributed by atoms with Gasteiger partial charge in [-0.25, -0.2) is 8.42 Å². The molecule has 2 aliphatic rings. The Hall–Kier alpha value is -2.46. The average molecular weight is 439 g/mol. The van der Waals surface area contributed by atoms with Gasteiger partial charge in [0, 0.05) is 25.8 Å². The van der Waals surface area contributed by atoms with Crippen molar-refractivity contribution in [3.63, 3.8) is 0 Å². The van der Waals surface area contributed by atoms with Crippen LogP contribution in [-0.4, -0.2) is 48.1 Å². The summed E-state index contributed by atoms with van der Waals surface area (Å²) in [7, 11) is -4.05. The van der Waals surface area contributed by atoms with Gasteiger partial charge in [-0.3, -0.25) is 9.78 Å². The third-order valence-electron chi connectivity index (χ3n) is 5.95. The summed E-state index contributed by atoms with van der Waals surface area (Å²) in [5.74, 6) is -0.180. The SMILES string of the molecule is Cc1cc(C(F)(F)F)ccc1S(=O)(=O)N1CCN2C(=O)c3c(ccnc3C)C2(C)C1. The van der Waals surface area contributed by atoms with E-state index in [1.165, 1.54) is 11.2 Å². The topological polar surface area (TPSA) is 70.6 Å². The Labute approximate surface area is 172 Å². The fourth-order valence-corrected chi connectivity index (χ4v) is 6.13. The zero-order valence-electron chi connectivity index (χ0n) is 16.6. The van der Waals surface area contributed by atoms with Crippen LogP contribution in [0.1, 0.15) is 39.7 Å². The second kappa shape index (κ2) is 6.52. The van der Waals surface area contributed by atoms with E-state index in [0.29, 0.717) is 16.8 Å². The van der Waals surface area contributed by atoms with Gasteiger partial charge in [0.2, 0.25) is 10.0 Å². The molecule has 0 N–H and O–H groups in total. The molecule has 0 saturated carbocycles. The van der Waals surface area contributed by atoms with Crippen molar-refractivity contribution in [2.45, 2.75) is 37.4 Å². The third kappa shape index (κ3) is 2.92. The Morgan fingerprint density at radius 3 is 2.47 bits per heavy atom. The van der Waals surface area contributed by atoms with E-state index in [0.717, 1.165) is 18.2 Å². The molecule has 1 saturated heterocycles. The molecule has 1 aromatic carbocycles. The van der Waals surface area contributed by atoms with Gasteiger partial charge in [0.25, 0.3) is 5.91 Å². The van der Waals surface area contributed by atoms with Crippen LogP contribution in [-0.2, 0) is 21.7 Å². The first kappa shape index (κ1) is 20.8. The zero-order chi connectivity index (χ0) is 22.1. The lowest BCUT2D eigenvalue weighted by Gasteiger charge is -2.44. The molecule has 6 nitrogen and oxygen atoms in total. The van der Waals surface area contributed by atoms with Crippen LogP contribution >= 0.6 is 0 Å². The fraction of sp³-hybridized carbons (Fsp3) is 0.400. The molecule has 1 fully saturated rings. The number of carbonyl (C=O) groups is 1. The van der Waals surface area contributed by atoms with Gasteiger partial charge in [-0.2, -0.15) is 17.5 Å². The molecule has 160 valence electrons. The van der Waals surface area contributed by atoms with Crippen molar-refractivity contribution in [3.05, 3.63) is 58.4 Å². The molecule has 2 aromatic rings. The van der Waals surface area contributed by atoms with Gasteiger partial charge in [0.15, 0.2) is 0 Å². The molecule has 2 aliphatic heterocycles. The van der Waals surface area contributed by atoms with Crippen LogP contribution in [0.3, 0.4) is 0 Å². The second-order valence-electron chi connectivity index (χ2n) is 7.87. The minimum absolute atomic E-state index is 0.0119. The average Bonchev–Trinajstić information content (AvgIpc) is 2.88. The first-order chi connectivity index (χ1) is 13.9. The van der Waals surface area contributed by atoms with E-state index in [-0.39, 0.29) is 36.0 Å². The number of fused-ring (bicyclic) bond motifs is 3. The van der Waals surface area contributed by atoms with Crippen LogP contribution in [0.4, 0.5) is 13.2 Å². The Kier molecular flexibility index (Phi) is 4.52. The lowest BCUT2D eigenvalue weighted by Crippen LogP contribution is -2.58. The van der Waals surface area contributed by atoms with E-state index >= 15 is 0 Å². The third-order valence-corrected chi connectivity index (χ3v) is 7.96. The number of hydrogen-bond acceptors (Lipinski definition) is 4. The highest BCUT2D eigenvalue weighted by atomic mass is 32.2. The highest BCUT2D eigenvalue weighted by molar-refractivity contribution is 7.89. The summed E-state index contributed by atoms with van der Waals surface area (Å²) >= 11 is 0. The molecule has 3 heterocycles. The van der Waals surface area contributed by atoms with Crippen molar-refractivity contribution in [1.29, 1.82) is 0 Å². The standard InChI is InChI=1S/C20H20F3N3O3S/c1-12-10-14(20(21,22)23)4-5-16(12)30(28,29)25-8-9-26-18(27)17-13(2)24-7-6-15(17)19(26,3)11-25/h4-7,10H,8-9,11H2,1-3H3. The Balaban J connectivity index is 1.73. The summed E-state index contributed by atoms with van der Waals surface area (Å²) < 4.78 is 66.7. The highest BCUT2D eigenvalue weighted by Crippen LogP contribution is 2.43. The van der Waals surface area contributed by atoms with Crippen LogP contribution < -0.4 is 0 Å². The molecule has 10 heteroatoms. The maximum Gasteiger partial charge on any atom is 0.416 e. The van der Waals surface area contributed by atoms with E-state index in [4.69, 9.17) is 0 Å². The normalized spacial score (nSPS) is 22.2. The van der Waals surface area contributed by atoms with Gasteiger partial charge in [0.1, 0.15) is 0 Å². The molecule has 0 aliphatic carbocycles. The Bertz CT molecular complexity index is 1160. The molecule has 1 aromatic heterocycles. The summed E-state index contributed by atoms with van der Waals surface area (Å²) in [6.07, 6.45) is -2.96. The number of hydrogen-bond donors (Lipinski definition) is 0. The number of sulfonamides is 1. The van der Waals surface area contributed by atoms with Gasteiger partial charge >= 0.3 is 6.18 Å². The minimum Gasteiger partial charge on any atom is -0.326 e. The van der Waals surface area contributed by atoms with E-state index in [1.807, 2.05) is 0 Å². The van der Waals surface area contributed by atoms with Crippen molar-refractivity contribution in [3.8, 4) is 0 Å². The molecule has 1 unspecified atom stereocenters. The molecule has 1 atom stereocenters. The number of piperazine rings is 1. The van der Waals surface area contributed by atoms with E-state index in [1.54, 1.807) is 31.0 Å². The summed E-state index contributed by atoms with van der Waals surface area (Å²) in [4.78, 5) is 18.5. The Morgan fingerprint density at radius 2 is 1.83 bits per heavy atom. The number of nitrogens with zero attached hydrogens (tertiary/aromatic N) is 3. The number of benzene rings is 1. The molecule has 0 bridgehead atoms. The van der Waals surface area contributed by atoms with Gasteiger partial charge in [-0.05, 0) is 56.2 Å². The Morgan fingerprint density at radius 1 is 1.13 bits per heavy atom. The van der Waals surface area contributed by atoms with Crippen molar-refractivity contribution >= 4 is 15.9 Å². The quantitative estimate of drug-likeness (QED) is 0.721. The van der Waals surface area contributed by atoms with Gasteiger partial charge in [-0.1, -0.05) is 0 Å². The van der Waals surface area contributed by atoms with Crippen molar-refractivity contribution in [2.75, 3.05) is 19.6 Å². The van der Waals surface area contributed by atoms with Gasteiger partial charge in [0.05, 0.1) is 27.3 Å². The van der Waals surface area contributed by atoms with Gasteiger partial charge in [-0.15, -0.1) is 0 Å². The number of aryl methyl sites for hydroxylation is 2. The van der Waals surface area contributed by atoms with E-state index < -0.39 is 27.3 Å². The number of rotatable bonds is 2. The van der Waals surface area contributed by atoms with Crippen LogP contribution in [0.15, 0.2) is 35.4 Å². The molecule has 1 amide bonds. The summed E-state index contributed by atoms with van der Waals surface area (Å²) in [6, 6.07) is 4.35. The summed E-state index contributed by atoms with van der Waals surface area (Å²) in [6.45, 7) is 5.14. The van der Waals surface area contributed by atoms with E-state index in [9.17, 15) is 26.4 Å². The number of amides is 1. The van der Waals surface area contributed by atoms with E-state index in [2.05, 4.69) is 4.98 Å². The molecule has 4 rings (SSSR count). The number of pyridine rings is 1. The predicted octanol–water partition coefficient (Wildman–Crippen LogP) is 3.09. The monoisotopic (exact) mass is 439 g/mol. The molecule has 0 spiro atoms.